The predicted molar refractivity (Wildman–Crippen MR) is 106 cm³/mol. The van der Waals surface area contributed by atoms with Crippen molar-refractivity contribution in [2.75, 3.05) is 18.4 Å². The number of amides is 1. The number of fused-ring (bicyclic) bond motifs is 1. The van der Waals surface area contributed by atoms with Gasteiger partial charge in [0, 0.05) is 37.6 Å². The number of pyridine rings is 2. The van der Waals surface area contributed by atoms with Gasteiger partial charge in [-0.1, -0.05) is 12.1 Å². The van der Waals surface area contributed by atoms with E-state index in [1.165, 1.54) is 11.8 Å². The van der Waals surface area contributed by atoms with Gasteiger partial charge in [-0.05, 0) is 55.4 Å². The van der Waals surface area contributed by atoms with E-state index in [1.807, 2.05) is 0 Å². The van der Waals surface area contributed by atoms with Gasteiger partial charge >= 0.3 is 5.97 Å². The number of nitrogens with zero attached hydrogens (tertiary/aromatic N) is 2. The summed E-state index contributed by atoms with van der Waals surface area (Å²) in [4.78, 5) is 32.1. The van der Waals surface area contributed by atoms with Crippen molar-refractivity contribution in [1.29, 1.82) is 0 Å². The van der Waals surface area contributed by atoms with Gasteiger partial charge in [0.25, 0.3) is 0 Å². The van der Waals surface area contributed by atoms with Crippen LogP contribution in [0.15, 0.2) is 36.7 Å². The molecule has 0 unspecified atom stereocenters. The third-order valence-corrected chi connectivity index (χ3v) is 4.93. The Morgan fingerprint density at radius 3 is 2.93 bits per heavy atom. The molecule has 0 aromatic carbocycles. The van der Waals surface area contributed by atoms with Crippen molar-refractivity contribution in [3.8, 4) is 0 Å². The van der Waals surface area contributed by atoms with Crippen LogP contribution in [0.3, 0.4) is 0 Å². The first-order valence-corrected chi connectivity index (χ1v) is 9.75. The van der Waals surface area contributed by atoms with Gasteiger partial charge in [-0.2, -0.15) is 0 Å². The highest BCUT2D eigenvalue weighted by Crippen LogP contribution is 2.20. The molecule has 0 saturated carbocycles. The molecule has 148 valence electrons. The molecule has 2 aromatic rings. The molecule has 0 radical (unpaired) electrons. The molecule has 7 nitrogen and oxygen atoms in total. The van der Waals surface area contributed by atoms with Crippen LogP contribution in [0, 0.1) is 0 Å². The molecular formula is C21H26N4O3. The molecule has 7 heteroatoms. The van der Waals surface area contributed by atoms with Gasteiger partial charge in [0.15, 0.2) is 0 Å². The molecule has 3 N–H and O–H groups in total. The van der Waals surface area contributed by atoms with E-state index in [0.29, 0.717) is 12.0 Å². The number of hydrogen-bond donors (Lipinski definition) is 3. The van der Waals surface area contributed by atoms with E-state index >= 15 is 0 Å². The Morgan fingerprint density at radius 1 is 1.25 bits per heavy atom. The number of aryl methyl sites for hydroxylation is 2. The summed E-state index contributed by atoms with van der Waals surface area (Å²) >= 11 is 0. The first-order chi connectivity index (χ1) is 13.6. The number of anilines is 1. The van der Waals surface area contributed by atoms with E-state index in [2.05, 4.69) is 32.7 Å². The number of aliphatic carboxylic acids is 1. The number of carbonyl (C=O) groups is 2. The molecule has 3 rings (SSSR count). The Bertz CT molecular complexity index is 811. The number of carbonyl (C=O) groups excluding carboxylic acids is 1. The van der Waals surface area contributed by atoms with Crippen LogP contribution in [0.1, 0.15) is 48.4 Å². The SMILES string of the molecule is O=C(CCCCc1ccc2c(n1)NCCC2)NC[C@@H](C(=O)O)c1cccnc1. The normalized spacial score (nSPS) is 13.9. The average molecular weight is 382 g/mol. The van der Waals surface area contributed by atoms with Crippen LogP contribution in [0.2, 0.25) is 0 Å². The van der Waals surface area contributed by atoms with Crippen LogP contribution in [0.5, 0.6) is 0 Å². The minimum Gasteiger partial charge on any atom is -0.481 e. The van der Waals surface area contributed by atoms with E-state index in [4.69, 9.17) is 0 Å². The second kappa shape index (κ2) is 9.82. The summed E-state index contributed by atoms with van der Waals surface area (Å²) in [5, 5.41) is 15.4. The number of carboxylic acids is 1. The molecule has 1 aliphatic rings. The molecule has 1 amide bonds. The largest absolute Gasteiger partial charge is 0.481 e. The second-order valence-electron chi connectivity index (χ2n) is 7.03. The predicted octanol–water partition coefficient (Wildman–Crippen LogP) is 2.53. The number of aromatic nitrogens is 2. The minimum absolute atomic E-state index is 0.0674. The van der Waals surface area contributed by atoms with Crippen molar-refractivity contribution in [2.24, 2.45) is 0 Å². The van der Waals surface area contributed by atoms with Crippen molar-refractivity contribution in [3.63, 3.8) is 0 Å². The lowest BCUT2D eigenvalue weighted by Gasteiger charge is -2.17. The molecule has 0 fully saturated rings. The number of unbranched alkanes of at least 4 members (excludes halogenated alkanes) is 1. The van der Waals surface area contributed by atoms with Crippen molar-refractivity contribution in [3.05, 3.63) is 53.5 Å². The Labute approximate surface area is 164 Å². The van der Waals surface area contributed by atoms with E-state index < -0.39 is 11.9 Å². The fourth-order valence-electron chi connectivity index (χ4n) is 3.33. The lowest BCUT2D eigenvalue weighted by atomic mass is 10.0. The monoisotopic (exact) mass is 382 g/mol. The fraction of sp³-hybridized carbons (Fsp3) is 0.429. The molecule has 0 saturated heterocycles. The Kier molecular flexibility index (Phi) is 6.94. The highest BCUT2D eigenvalue weighted by Gasteiger charge is 2.20. The zero-order valence-corrected chi connectivity index (χ0v) is 15.9. The molecule has 2 aromatic heterocycles. The number of rotatable bonds is 9. The molecule has 28 heavy (non-hydrogen) atoms. The highest BCUT2D eigenvalue weighted by atomic mass is 16.4. The van der Waals surface area contributed by atoms with Crippen molar-refractivity contribution in [2.45, 2.75) is 44.4 Å². The van der Waals surface area contributed by atoms with E-state index in [1.54, 1.807) is 18.3 Å². The summed E-state index contributed by atoms with van der Waals surface area (Å²) in [5.41, 5.74) is 2.90. The molecule has 0 bridgehead atoms. The van der Waals surface area contributed by atoms with E-state index in [9.17, 15) is 14.7 Å². The zero-order valence-electron chi connectivity index (χ0n) is 15.9. The zero-order chi connectivity index (χ0) is 19.8. The Hall–Kier alpha value is -2.96. The average Bonchev–Trinajstić information content (AvgIpc) is 2.72. The van der Waals surface area contributed by atoms with Gasteiger partial charge in [0.05, 0.1) is 0 Å². The van der Waals surface area contributed by atoms with Gasteiger partial charge in [0.1, 0.15) is 11.7 Å². The number of hydrogen-bond acceptors (Lipinski definition) is 5. The summed E-state index contributed by atoms with van der Waals surface area (Å²) in [6.07, 6.45) is 8.14. The van der Waals surface area contributed by atoms with Gasteiger partial charge in [-0.15, -0.1) is 0 Å². The quantitative estimate of drug-likeness (QED) is 0.576. The maximum Gasteiger partial charge on any atom is 0.312 e. The maximum atomic E-state index is 12.1. The first kappa shape index (κ1) is 19.8. The van der Waals surface area contributed by atoms with Crippen LogP contribution < -0.4 is 10.6 Å². The summed E-state index contributed by atoms with van der Waals surface area (Å²) in [6, 6.07) is 7.61. The maximum absolute atomic E-state index is 12.1. The standard InChI is InChI=1S/C21H26N4O3/c26-19(24-14-18(21(27)28)16-6-3-11-22-13-16)8-2-1-7-17-10-9-15-5-4-12-23-20(15)25-17/h3,6,9-11,13,18H,1-2,4-5,7-8,12,14H2,(H,23,25)(H,24,26)(H,27,28)/t18-/m1/s1. The lowest BCUT2D eigenvalue weighted by molar-refractivity contribution is -0.138. The van der Waals surface area contributed by atoms with Crippen molar-refractivity contribution >= 4 is 17.7 Å². The summed E-state index contributed by atoms with van der Waals surface area (Å²) in [7, 11) is 0. The van der Waals surface area contributed by atoms with Crippen LogP contribution in [0.25, 0.3) is 0 Å². The van der Waals surface area contributed by atoms with E-state index in [-0.39, 0.29) is 12.5 Å². The second-order valence-corrected chi connectivity index (χ2v) is 7.03. The van der Waals surface area contributed by atoms with Gasteiger partial charge in [-0.25, -0.2) is 4.98 Å². The molecule has 0 spiro atoms. The Morgan fingerprint density at radius 2 is 2.14 bits per heavy atom. The topological polar surface area (TPSA) is 104 Å². The highest BCUT2D eigenvalue weighted by molar-refractivity contribution is 5.79. The summed E-state index contributed by atoms with van der Waals surface area (Å²) in [6.45, 7) is 1.04. The smallest absolute Gasteiger partial charge is 0.312 e. The molecule has 1 aliphatic heterocycles. The minimum atomic E-state index is -0.972. The van der Waals surface area contributed by atoms with Crippen molar-refractivity contribution in [1.82, 2.24) is 15.3 Å². The van der Waals surface area contributed by atoms with Crippen LogP contribution in [0.4, 0.5) is 5.82 Å². The summed E-state index contributed by atoms with van der Waals surface area (Å²) in [5.74, 6) is -0.892. The molecule has 0 aliphatic carbocycles. The first-order valence-electron chi connectivity index (χ1n) is 9.75. The van der Waals surface area contributed by atoms with Gasteiger partial charge in [-0.3, -0.25) is 14.6 Å². The van der Waals surface area contributed by atoms with Crippen molar-refractivity contribution < 1.29 is 14.7 Å². The summed E-state index contributed by atoms with van der Waals surface area (Å²) < 4.78 is 0. The molecule has 1 atom stereocenters. The van der Waals surface area contributed by atoms with E-state index in [0.717, 1.165) is 50.2 Å². The number of nitrogens with one attached hydrogen (secondary N) is 2. The van der Waals surface area contributed by atoms with Crippen LogP contribution >= 0.6 is 0 Å². The van der Waals surface area contributed by atoms with Gasteiger partial charge < -0.3 is 15.7 Å². The third kappa shape index (κ3) is 5.52. The van der Waals surface area contributed by atoms with Crippen LogP contribution in [-0.2, 0) is 22.4 Å². The van der Waals surface area contributed by atoms with Crippen LogP contribution in [-0.4, -0.2) is 40.0 Å². The fourth-order valence-corrected chi connectivity index (χ4v) is 3.33. The Balaban J connectivity index is 1.39. The lowest BCUT2D eigenvalue weighted by Crippen LogP contribution is -2.31. The van der Waals surface area contributed by atoms with Gasteiger partial charge in [0.2, 0.25) is 5.91 Å². The molecule has 3 heterocycles. The molecular weight excluding hydrogens is 356 g/mol. The number of carboxylic acid groups (broad SMARTS) is 1. The third-order valence-electron chi connectivity index (χ3n) is 4.93.